The Morgan fingerprint density at radius 3 is 2.63 bits per heavy atom. The van der Waals surface area contributed by atoms with Crippen LogP contribution in [-0.4, -0.2) is 12.9 Å². The Morgan fingerprint density at radius 1 is 1.26 bits per heavy atom. The van der Waals surface area contributed by atoms with Gasteiger partial charge in [-0.1, -0.05) is 27.5 Å². The number of benzene rings is 2. The highest BCUT2D eigenvalue weighted by Crippen LogP contribution is 2.27. The summed E-state index contributed by atoms with van der Waals surface area (Å²) in [4.78, 5) is 12.4. The summed E-state index contributed by atoms with van der Waals surface area (Å²) in [7, 11) is 1.52. The molecular weight excluding hydrogens is 330 g/mol. The zero-order valence-electron chi connectivity index (χ0n) is 10.1. The van der Waals surface area contributed by atoms with Crippen LogP contribution >= 0.6 is 27.5 Å². The number of carbonyl (C=O) groups is 1. The standard InChI is InChI=1S/C14H11BrClNO2/c1-19-13-5-3-9(15)7-10(13)14(18)8-2-4-11(16)12(17)6-8/h2-7H,17H2,1H3. The normalized spacial score (nSPS) is 10.3. The number of carbonyl (C=O) groups excluding carboxylic acids is 1. The van der Waals surface area contributed by atoms with Crippen LogP contribution in [0, 0.1) is 0 Å². The van der Waals surface area contributed by atoms with Crippen LogP contribution in [0.2, 0.25) is 5.02 Å². The molecule has 2 aromatic rings. The van der Waals surface area contributed by atoms with Crippen molar-refractivity contribution in [2.24, 2.45) is 0 Å². The highest BCUT2D eigenvalue weighted by Gasteiger charge is 2.15. The van der Waals surface area contributed by atoms with E-state index in [1.165, 1.54) is 7.11 Å². The van der Waals surface area contributed by atoms with Crippen LogP contribution in [0.3, 0.4) is 0 Å². The first-order valence-corrected chi connectivity index (χ1v) is 6.63. The van der Waals surface area contributed by atoms with E-state index in [1.807, 2.05) is 6.07 Å². The average molecular weight is 341 g/mol. The molecule has 0 bridgehead atoms. The summed E-state index contributed by atoms with van der Waals surface area (Å²) in [5.74, 6) is 0.350. The molecular formula is C14H11BrClNO2. The van der Waals surface area contributed by atoms with Gasteiger partial charge in [-0.25, -0.2) is 0 Å². The van der Waals surface area contributed by atoms with Crippen molar-refractivity contribution in [3.05, 3.63) is 57.0 Å². The molecule has 19 heavy (non-hydrogen) atoms. The Bertz CT molecular complexity index is 643. The average Bonchev–Trinajstić information content (AvgIpc) is 2.41. The largest absolute Gasteiger partial charge is 0.496 e. The fraction of sp³-hybridized carbons (Fsp3) is 0.0714. The molecule has 0 fully saturated rings. The molecule has 0 spiro atoms. The second-order valence-electron chi connectivity index (χ2n) is 3.91. The number of hydrogen-bond donors (Lipinski definition) is 1. The van der Waals surface area contributed by atoms with Crippen molar-refractivity contribution in [1.29, 1.82) is 0 Å². The number of rotatable bonds is 3. The first-order valence-electron chi connectivity index (χ1n) is 5.46. The third-order valence-corrected chi connectivity index (χ3v) is 3.50. The van der Waals surface area contributed by atoms with Gasteiger partial charge < -0.3 is 10.5 Å². The maximum atomic E-state index is 12.4. The quantitative estimate of drug-likeness (QED) is 0.680. The van der Waals surface area contributed by atoms with Crippen molar-refractivity contribution in [2.75, 3.05) is 12.8 Å². The summed E-state index contributed by atoms with van der Waals surface area (Å²) >= 11 is 9.19. The molecule has 2 rings (SSSR count). The van der Waals surface area contributed by atoms with Gasteiger partial charge in [0.25, 0.3) is 0 Å². The Labute approximate surface area is 124 Å². The molecule has 5 heteroatoms. The maximum absolute atomic E-state index is 12.4. The SMILES string of the molecule is COc1ccc(Br)cc1C(=O)c1ccc(Cl)c(N)c1. The molecule has 0 unspecified atom stereocenters. The van der Waals surface area contributed by atoms with Crippen LogP contribution in [0.15, 0.2) is 40.9 Å². The van der Waals surface area contributed by atoms with Gasteiger partial charge in [0.15, 0.2) is 5.78 Å². The number of anilines is 1. The molecule has 0 aromatic heterocycles. The van der Waals surface area contributed by atoms with Gasteiger partial charge in [-0.15, -0.1) is 0 Å². The van der Waals surface area contributed by atoms with E-state index in [4.69, 9.17) is 22.1 Å². The number of hydrogen-bond acceptors (Lipinski definition) is 3. The number of nitrogen functional groups attached to an aromatic ring is 1. The Balaban J connectivity index is 2.49. The maximum Gasteiger partial charge on any atom is 0.196 e. The number of ether oxygens (including phenoxy) is 1. The molecule has 0 saturated heterocycles. The zero-order chi connectivity index (χ0) is 14.0. The molecule has 3 nitrogen and oxygen atoms in total. The van der Waals surface area contributed by atoms with Gasteiger partial charge in [0, 0.05) is 10.0 Å². The first-order chi connectivity index (χ1) is 9.02. The molecule has 0 amide bonds. The minimum absolute atomic E-state index is 0.165. The topological polar surface area (TPSA) is 52.3 Å². The smallest absolute Gasteiger partial charge is 0.196 e. The highest BCUT2D eigenvalue weighted by molar-refractivity contribution is 9.10. The monoisotopic (exact) mass is 339 g/mol. The highest BCUT2D eigenvalue weighted by atomic mass is 79.9. The number of halogens is 2. The number of methoxy groups -OCH3 is 1. The van der Waals surface area contributed by atoms with Gasteiger partial charge in [-0.05, 0) is 36.4 Å². The van der Waals surface area contributed by atoms with E-state index in [2.05, 4.69) is 15.9 Å². The molecule has 0 atom stereocenters. The van der Waals surface area contributed by atoms with Crippen LogP contribution in [0.25, 0.3) is 0 Å². The molecule has 0 radical (unpaired) electrons. The molecule has 0 aliphatic heterocycles. The zero-order valence-corrected chi connectivity index (χ0v) is 12.5. The molecule has 0 aliphatic carbocycles. The predicted octanol–water partition coefficient (Wildman–Crippen LogP) is 3.92. The van der Waals surface area contributed by atoms with Crippen molar-refractivity contribution in [3.63, 3.8) is 0 Å². The van der Waals surface area contributed by atoms with Crippen LogP contribution in [0.4, 0.5) is 5.69 Å². The van der Waals surface area contributed by atoms with Gasteiger partial charge in [0.1, 0.15) is 5.75 Å². The van der Waals surface area contributed by atoms with E-state index in [0.717, 1.165) is 4.47 Å². The van der Waals surface area contributed by atoms with E-state index in [-0.39, 0.29) is 5.78 Å². The molecule has 2 aromatic carbocycles. The minimum atomic E-state index is -0.165. The molecule has 2 N–H and O–H groups in total. The summed E-state index contributed by atoms with van der Waals surface area (Å²) in [5.41, 5.74) is 7.03. The fourth-order valence-corrected chi connectivity index (χ4v) is 2.18. The summed E-state index contributed by atoms with van der Waals surface area (Å²) in [6.07, 6.45) is 0. The Morgan fingerprint density at radius 2 is 2.00 bits per heavy atom. The van der Waals surface area contributed by atoms with Crippen molar-refractivity contribution in [3.8, 4) is 5.75 Å². The number of ketones is 1. The molecule has 98 valence electrons. The van der Waals surface area contributed by atoms with E-state index < -0.39 is 0 Å². The summed E-state index contributed by atoms with van der Waals surface area (Å²) in [6, 6.07) is 10.1. The Hall–Kier alpha value is -1.52. The lowest BCUT2D eigenvalue weighted by Gasteiger charge is -2.09. The van der Waals surface area contributed by atoms with Crippen molar-refractivity contribution >= 4 is 39.0 Å². The minimum Gasteiger partial charge on any atom is -0.496 e. The lowest BCUT2D eigenvalue weighted by molar-refractivity contribution is 0.103. The van der Waals surface area contributed by atoms with Crippen LogP contribution < -0.4 is 10.5 Å². The summed E-state index contributed by atoms with van der Waals surface area (Å²) in [5, 5.41) is 0.428. The van der Waals surface area contributed by atoms with E-state index in [0.29, 0.717) is 27.6 Å². The van der Waals surface area contributed by atoms with E-state index >= 15 is 0 Å². The predicted molar refractivity (Wildman–Crippen MR) is 80.0 cm³/mol. The molecule has 0 saturated carbocycles. The lowest BCUT2D eigenvalue weighted by Crippen LogP contribution is -2.05. The first kappa shape index (κ1) is 13.9. The second-order valence-corrected chi connectivity index (χ2v) is 5.23. The third kappa shape index (κ3) is 2.91. The van der Waals surface area contributed by atoms with Gasteiger partial charge in [-0.2, -0.15) is 0 Å². The second kappa shape index (κ2) is 5.63. The van der Waals surface area contributed by atoms with Gasteiger partial charge in [-0.3, -0.25) is 4.79 Å². The van der Waals surface area contributed by atoms with Crippen LogP contribution in [-0.2, 0) is 0 Å². The van der Waals surface area contributed by atoms with E-state index in [1.54, 1.807) is 30.3 Å². The fourth-order valence-electron chi connectivity index (χ4n) is 1.70. The Kier molecular flexibility index (Phi) is 4.12. The van der Waals surface area contributed by atoms with Crippen molar-refractivity contribution in [2.45, 2.75) is 0 Å². The third-order valence-electron chi connectivity index (χ3n) is 2.66. The van der Waals surface area contributed by atoms with Crippen LogP contribution in [0.1, 0.15) is 15.9 Å². The van der Waals surface area contributed by atoms with Crippen LogP contribution in [0.5, 0.6) is 5.75 Å². The summed E-state index contributed by atoms with van der Waals surface area (Å²) in [6.45, 7) is 0. The van der Waals surface area contributed by atoms with Crippen molar-refractivity contribution in [1.82, 2.24) is 0 Å². The van der Waals surface area contributed by atoms with Gasteiger partial charge in [0.2, 0.25) is 0 Å². The van der Waals surface area contributed by atoms with E-state index in [9.17, 15) is 4.79 Å². The summed E-state index contributed by atoms with van der Waals surface area (Å²) < 4.78 is 6.00. The number of nitrogens with two attached hydrogens (primary N) is 1. The molecule has 0 aliphatic rings. The lowest BCUT2D eigenvalue weighted by atomic mass is 10.0. The van der Waals surface area contributed by atoms with Gasteiger partial charge in [0.05, 0.1) is 23.4 Å². The van der Waals surface area contributed by atoms with Crippen molar-refractivity contribution < 1.29 is 9.53 Å². The molecule has 0 heterocycles. The van der Waals surface area contributed by atoms with Gasteiger partial charge >= 0.3 is 0 Å².